The molecule has 112 valence electrons. The first kappa shape index (κ1) is 16.5. The van der Waals surface area contributed by atoms with Crippen LogP contribution in [0.1, 0.15) is 51.7 Å². The van der Waals surface area contributed by atoms with E-state index < -0.39 is 6.10 Å². The molecule has 1 atom stereocenters. The number of ether oxygens (including phenoxy) is 1. The molecular formula is C16H25NO3. The largest absolute Gasteiger partial charge is 0.491 e. The highest BCUT2D eigenvalue weighted by Crippen LogP contribution is 2.19. The maximum Gasteiger partial charge on any atom is 0.220 e. The Balaban J connectivity index is 2.50. The molecule has 0 aliphatic rings. The average Bonchev–Trinajstić information content (AvgIpc) is 2.42. The van der Waals surface area contributed by atoms with E-state index in [1.165, 1.54) is 0 Å². The molecule has 0 aromatic heterocycles. The molecule has 0 unspecified atom stereocenters. The van der Waals surface area contributed by atoms with Crippen LogP contribution in [0.15, 0.2) is 24.3 Å². The molecule has 0 radical (unpaired) electrons. The molecule has 1 rings (SSSR count). The molecule has 0 aliphatic heterocycles. The molecule has 0 fully saturated rings. The molecule has 0 saturated heterocycles. The zero-order valence-corrected chi connectivity index (χ0v) is 12.6. The SMILES string of the molecule is CCCCC(=O)NC[C@@H](O)c1cccc(OC(C)C)c1. The van der Waals surface area contributed by atoms with E-state index in [1.807, 2.05) is 45.0 Å². The van der Waals surface area contributed by atoms with Crippen LogP contribution in [0.5, 0.6) is 5.75 Å². The quantitative estimate of drug-likeness (QED) is 0.769. The Morgan fingerprint density at radius 2 is 2.15 bits per heavy atom. The molecule has 1 aromatic rings. The predicted molar refractivity (Wildman–Crippen MR) is 79.7 cm³/mol. The third-order valence-corrected chi connectivity index (χ3v) is 2.86. The topological polar surface area (TPSA) is 58.6 Å². The van der Waals surface area contributed by atoms with E-state index in [1.54, 1.807) is 0 Å². The third-order valence-electron chi connectivity index (χ3n) is 2.86. The van der Waals surface area contributed by atoms with Gasteiger partial charge < -0.3 is 15.2 Å². The second-order valence-electron chi connectivity index (χ2n) is 5.16. The lowest BCUT2D eigenvalue weighted by Crippen LogP contribution is -2.28. The van der Waals surface area contributed by atoms with Crippen molar-refractivity contribution in [2.75, 3.05) is 6.54 Å². The highest BCUT2D eigenvalue weighted by atomic mass is 16.5. The van der Waals surface area contributed by atoms with Gasteiger partial charge in [0.15, 0.2) is 0 Å². The van der Waals surface area contributed by atoms with Crippen molar-refractivity contribution in [2.24, 2.45) is 0 Å². The fourth-order valence-corrected chi connectivity index (χ4v) is 1.82. The lowest BCUT2D eigenvalue weighted by Gasteiger charge is -2.15. The first-order chi connectivity index (χ1) is 9.52. The van der Waals surface area contributed by atoms with Gasteiger partial charge in [-0.2, -0.15) is 0 Å². The summed E-state index contributed by atoms with van der Waals surface area (Å²) in [6, 6.07) is 7.34. The van der Waals surface area contributed by atoms with Gasteiger partial charge in [-0.05, 0) is 38.0 Å². The van der Waals surface area contributed by atoms with Gasteiger partial charge >= 0.3 is 0 Å². The smallest absolute Gasteiger partial charge is 0.220 e. The monoisotopic (exact) mass is 279 g/mol. The van der Waals surface area contributed by atoms with Gasteiger partial charge in [0.2, 0.25) is 5.91 Å². The standard InChI is InChI=1S/C16H25NO3/c1-4-5-9-16(19)17-11-15(18)13-7-6-8-14(10-13)20-12(2)3/h6-8,10,12,15,18H,4-5,9,11H2,1-3H3,(H,17,19)/t15-/m1/s1. The molecule has 0 bridgehead atoms. The molecule has 2 N–H and O–H groups in total. The lowest BCUT2D eigenvalue weighted by atomic mass is 10.1. The van der Waals surface area contributed by atoms with Crippen LogP contribution in [0.25, 0.3) is 0 Å². The Hall–Kier alpha value is -1.55. The van der Waals surface area contributed by atoms with E-state index in [9.17, 15) is 9.90 Å². The summed E-state index contributed by atoms with van der Waals surface area (Å²) in [6.07, 6.45) is 1.76. The Kier molecular flexibility index (Phi) is 7.09. The van der Waals surface area contributed by atoms with E-state index in [-0.39, 0.29) is 18.6 Å². The highest BCUT2D eigenvalue weighted by molar-refractivity contribution is 5.75. The summed E-state index contributed by atoms with van der Waals surface area (Å²) >= 11 is 0. The van der Waals surface area contributed by atoms with Crippen molar-refractivity contribution in [3.63, 3.8) is 0 Å². The van der Waals surface area contributed by atoms with Crippen LogP contribution in [0.3, 0.4) is 0 Å². The Morgan fingerprint density at radius 1 is 1.40 bits per heavy atom. The maximum atomic E-state index is 11.5. The number of carbonyl (C=O) groups excluding carboxylic acids is 1. The first-order valence-corrected chi connectivity index (χ1v) is 7.24. The van der Waals surface area contributed by atoms with Crippen LogP contribution >= 0.6 is 0 Å². The zero-order valence-electron chi connectivity index (χ0n) is 12.6. The van der Waals surface area contributed by atoms with Gasteiger partial charge in [-0.3, -0.25) is 4.79 Å². The van der Waals surface area contributed by atoms with Crippen molar-refractivity contribution in [3.8, 4) is 5.75 Å². The zero-order chi connectivity index (χ0) is 15.0. The maximum absolute atomic E-state index is 11.5. The average molecular weight is 279 g/mol. The molecule has 20 heavy (non-hydrogen) atoms. The summed E-state index contributed by atoms with van der Waals surface area (Å²) in [4.78, 5) is 11.5. The summed E-state index contributed by atoms with van der Waals surface area (Å²) in [5.74, 6) is 0.717. The minimum absolute atomic E-state index is 0.0134. The van der Waals surface area contributed by atoms with Crippen LogP contribution in [-0.2, 0) is 4.79 Å². The Bertz CT molecular complexity index is 418. The molecule has 4 nitrogen and oxygen atoms in total. The van der Waals surface area contributed by atoms with Crippen molar-refractivity contribution in [1.82, 2.24) is 5.32 Å². The molecule has 1 aromatic carbocycles. The molecule has 0 saturated carbocycles. The molecule has 0 spiro atoms. The van der Waals surface area contributed by atoms with Crippen molar-refractivity contribution in [2.45, 2.75) is 52.2 Å². The van der Waals surface area contributed by atoms with Crippen molar-refractivity contribution >= 4 is 5.91 Å². The normalized spacial score (nSPS) is 12.2. The number of hydrogen-bond acceptors (Lipinski definition) is 3. The number of rotatable bonds is 8. The number of benzene rings is 1. The number of hydrogen-bond donors (Lipinski definition) is 2. The van der Waals surface area contributed by atoms with Crippen LogP contribution < -0.4 is 10.1 Å². The second-order valence-corrected chi connectivity index (χ2v) is 5.16. The highest BCUT2D eigenvalue weighted by Gasteiger charge is 2.10. The van der Waals surface area contributed by atoms with Crippen LogP contribution in [0, 0.1) is 0 Å². The lowest BCUT2D eigenvalue weighted by molar-refractivity contribution is -0.121. The number of aliphatic hydroxyl groups excluding tert-OH is 1. The van der Waals surface area contributed by atoms with Crippen molar-refractivity contribution in [3.05, 3.63) is 29.8 Å². The van der Waals surface area contributed by atoms with E-state index in [4.69, 9.17) is 4.74 Å². The predicted octanol–water partition coefficient (Wildman–Crippen LogP) is 2.81. The summed E-state index contributed by atoms with van der Waals surface area (Å²) < 4.78 is 5.59. The minimum Gasteiger partial charge on any atom is -0.491 e. The Labute approximate surface area is 121 Å². The van der Waals surface area contributed by atoms with E-state index in [0.29, 0.717) is 6.42 Å². The Morgan fingerprint density at radius 3 is 2.80 bits per heavy atom. The van der Waals surface area contributed by atoms with Crippen LogP contribution in [0.2, 0.25) is 0 Å². The van der Waals surface area contributed by atoms with E-state index in [2.05, 4.69) is 5.32 Å². The van der Waals surface area contributed by atoms with Crippen molar-refractivity contribution in [1.29, 1.82) is 0 Å². The molecule has 0 aliphatic carbocycles. The number of carbonyl (C=O) groups is 1. The van der Waals surface area contributed by atoms with Crippen LogP contribution in [-0.4, -0.2) is 23.7 Å². The first-order valence-electron chi connectivity index (χ1n) is 7.24. The van der Waals surface area contributed by atoms with Crippen molar-refractivity contribution < 1.29 is 14.6 Å². The summed E-state index contributed by atoms with van der Waals surface area (Å²) in [6.45, 7) is 6.18. The number of nitrogens with one attached hydrogen (secondary N) is 1. The van der Waals surface area contributed by atoms with E-state index in [0.717, 1.165) is 24.2 Å². The molecule has 0 heterocycles. The number of unbranched alkanes of at least 4 members (excludes halogenated alkanes) is 1. The van der Waals surface area contributed by atoms with Gasteiger partial charge in [0.25, 0.3) is 0 Å². The number of aliphatic hydroxyl groups is 1. The van der Waals surface area contributed by atoms with Gasteiger partial charge in [-0.25, -0.2) is 0 Å². The number of amides is 1. The van der Waals surface area contributed by atoms with Gasteiger partial charge in [0.1, 0.15) is 5.75 Å². The molecule has 1 amide bonds. The van der Waals surface area contributed by atoms with Gasteiger partial charge in [-0.15, -0.1) is 0 Å². The fraction of sp³-hybridized carbons (Fsp3) is 0.562. The fourth-order valence-electron chi connectivity index (χ4n) is 1.82. The van der Waals surface area contributed by atoms with E-state index >= 15 is 0 Å². The third kappa shape index (κ3) is 6.06. The minimum atomic E-state index is -0.712. The molecular weight excluding hydrogens is 254 g/mol. The van der Waals surface area contributed by atoms with Crippen LogP contribution in [0.4, 0.5) is 0 Å². The van der Waals surface area contributed by atoms with Gasteiger partial charge in [-0.1, -0.05) is 25.5 Å². The summed E-state index contributed by atoms with van der Waals surface area (Å²) in [5.41, 5.74) is 0.749. The second kappa shape index (κ2) is 8.59. The molecule has 4 heteroatoms. The summed E-state index contributed by atoms with van der Waals surface area (Å²) in [5, 5.41) is 12.8. The van der Waals surface area contributed by atoms with Gasteiger partial charge in [0, 0.05) is 13.0 Å². The summed E-state index contributed by atoms with van der Waals surface area (Å²) in [7, 11) is 0. The van der Waals surface area contributed by atoms with Gasteiger partial charge in [0.05, 0.1) is 12.2 Å².